The zero-order valence-corrected chi connectivity index (χ0v) is 15.0. The summed E-state index contributed by atoms with van der Waals surface area (Å²) in [5, 5.41) is 18.6. The molecule has 2 aromatic rings. The summed E-state index contributed by atoms with van der Waals surface area (Å²) in [4.78, 5) is 4.62. The van der Waals surface area contributed by atoms with Crippen molar-refractivity contribution >= 4 is 5.96 Å². The van der Waals surface area contributed by atoms with E-state index in [2.05, 4.69) is 49.4 Å². The fraction of sp³-hybridized carbons (Fsp3) is 0.625. The molecule has 2 N–H and O–H groups in total. The molecular weight excluding hydrogens is 306 g/mol. The molecule has 24 heavy (non-hydrogen) atoms. The number of aryl methyl sites for hydroxylation is 3. The monoisotopic (exact) mass is 333 g/mol. The molecule has 0 fully saturated rings. The van der Waals surface area contributed by atoms with Gasteiger partial charge in [0.15, 0.2) is 5.96 Å². The molecule has 2 aromatic heterocycles. The zero-order valence-electron chi connectivity index (χ0n) is 15.0. The lowest BCUT2D eigenvalue weighted by molar-refractivity contribution is 0.392. The van der Waals surface area contributed by atoms with Gasteiger partial charge in [-0.1, -0.05) is 12.1 Å². The molecule has 2 rings (SSSR count). The van der Waals surface area contributed by atoms with Gasteiger partial charge in [0, 0.05) is 38.2 Å². The molecule has 0 aliphatic heterocycles. The van der Waals surface area contributed by atoms with Crippen LogP contribution in [0.25, 0.3) is 0 Å². The third-order valence-electron chi connectivity index (χ3n) is 3.81. The van der Waals surface area contributed by atoms with Gasteiger partial charge >= 0.3 is 0 Å². The van der Waals surface area contributed by atoms with Crippen molar-refractivity contribution in [2.45, 2.75) is 47.1 Å². The van der Waals surface area contributed by atoms with E-state index in [0.29, 0.717) is 6.54 Å². The summed E-state index contributed by atoms with van der Waals surface area (Å²) in [5.41, 5.74) is 2.09. The van der Waals surface area contributed by atoms with Crippen LogP contribution >= 0.6 is 0 Å². The van der Waals surface area contributed by atoms with Gasteiger partial charge in [-0.15, -0.1) is 10.2 Å². The van der Waals surface area contributed by atoms with Crippen LogP contribution in [0.4, 0.5) is 0 Å². The molecule has 0 atom stereocenters. The molecule has 0 bridgehead atoms. The van der Waals surface area contributed by atoms with E-state index < -0.39 is 0 Å². The smallest absolute Gasteiger partial charge is 0.191 e. The Kier molecular flexibility index (Phi) is 6.77. The fourth-order valence-electron chi connectivity index (χ4n) is 2.51. The Morgan fingerprint density at radius 1 is 1.29 bits per heavy atom. The van der Waals surface area contributed by atoms with E-state index in [-0.39, 0.29) is 0 Å². The number of hydrogen-bond donors (Lipinski definition) is 2. The second-order valence-corrected chi connectivity index (χ2v) is 5.53. The standard InChI is InChI=1S/C16H27N7O/c1-5-15-21-20-11-23(15)10-9-19-16(17-6-2)18-8-7-14-12(3)22-24-13(14)4/h11H,5-10H2,1-4H3,(H2,17,18,19). The number of guanidine groups is 1. The SMILES string of the molecule is CCNC(=NCCc1c(C)noc1C)NCCn1cnnc1CC. The summed E-state index contributed by atoms with van der Waals surface area (Å²) in [6, 6.07) is 0. The van der Waals surface area contributed by atoms with Crippen molar-refractivity contribution in [3.8, 4) is 0 Å². The first-order chi connectivity index (χ1) is 11.7. The van der Waals surface area contributed by atoms with Crippen molar-refractivity contribution in [3.05, 3.63) is 29.2 Å². The Morgan fingerprint density at radius 2 is 2.12 bits per heavy atom. The van der Waals surface area contributed by atoms with Crippen LogP contribution in [0.3, 0.4) is 0 Å². The van der Waals surface area contributed by atoms with Crippen LogP contribution in [0, 0.1) is 13.8 Å². The van der Waals surface area contributed by atoms with Gasteiger partial charge in [-0.05, 0) is 27.2 Å². The summed E-state index contributed by atoms with van der Waals surface area (Å²) in [5.74, 6) is 2.69. The molecule has 0 unspecified atom stereocenters. The molecule has 0 aliphatic rings. The molecule has 2 heterocycles. The quantitative estimate of drug-likeness (QED) is 0.558. The first-order valence-electron chi connectivity index (χ1n) is 8.46. The number of hydrogen-bond acceptors (Lipinski definition) is 5. The van der Waals surface area contributed by atoms with Gasteiger partial charge in [0.2, 0.25) is 0 Å². The lowest BCUT2D eigenvalue weighted by atomic mass is 10.1. The number of rotatable bonds is 8. The van der Waals surface area contributed by atoms with Crippen LogP contribution in [-0.2, 0) is 19.4 Å². The first-order valence-corrected chi connectivity index (χ1v) is 8.46. The molecule has 0 aliphatic carbocycles. The van der Waals surface area contributed by atoms with Gasteiger partial charge in [0.1, 0.15) is 17.9 Å². The Balaban J connectivity index is 1.84. The van der Waals surface area contributed by atoms with Crippen LogP contribution in [-0.4, -0.2) is 45.5 Å². The van der Waals surface area contributed by atoms with Crippen LogP contribution < -0.4 is 10.6 Å². The Hall–Kier alpha value is -2.38. The molecule has 0 saturated heterocycles. The van der Waals surface area contributed by atoms with Crippen LogP contribution in [0.1, 0.15) is 36.7 Å². The van der Waals surface area contributed by atoms with E-state index in [0.717, 1.165) is 61.3 Å². The third-order valence-corrected chi connectivity index (χ3v) is 3.81. The molecular formula is C16H27N7O. The maximum Gasteiger partial charge on any atom is 0.191 e. The normalized spacial score (nSPS) is 11.8. The molecule has 0 spiro atoms. The summed E-state index contributed by atoms with van der Waals surface area (Å²) in [6.45, 7) is 11.1. The van der Waals surface area contributed by atoms with E-state index in [4.69, 9.17) is 4.52 Å². The number of aromatic nitrogens is 4. The topological polar surface area (TPSA) is 93.2 Å². The van der Waals surface area contributed by atoms with Gasteiger partial charge in [-0.25, -0.2) is 0 Å². The van der Waals surface area contributed by atoms with E-state index in [9.17, 15) is 0 Å². The van der Waals surface area contributed by atoms with Crippen LogP contribution in [0.5, 0.6) is 0 Å². The van der Waals surface area contributed by atoms with E-state index in [1.807, 2.05) is 13.8 Å². The minimum absolute atomic E-state index is 0.686. The summed E-state index contributed by atoms with van der Waals surface area (Å²) < 4.78 is 7.24. The Morgan fingerprint density at radius 3 is 2.79 bits per heavy atom. The number of aliphatic imine (C=N–C) groups is 1. The van der Waals surface area contributed by atoms with Gasteiger partial charge in [0.25, 0.3) is 0 Å². The summed E-state index contributed by atoms with van der Waals surface area (Å²) >= 11 is 0. The highest BCUT2D eigenvalue weighted by Gasteiger charge is 2.08. The molecule has 0 saturated carbocycles. The highest BCUT2D eigenvalue weighted by molar-refractivity contribution is 5.79. The molecule has 0 aromatic carbocycles. The van der Waals surface area contributed by atoms with Crippen LogP contribution in [0.15, 0.2) is 15.8 Å². The summed E-state index contributed by atoms with van der Waals surface area (Å²) in [7, 11) is 0. The highest BCUT2D eigenvalue weighted by atomic mass is 16.5. The van der Waals surface area contributed by atoms with Gasteiger partial charge in [0.05, 0.1) is 5.69 Å². The number of nitrogens with zero attached hydrogens (tertiary/aromatic N) is 5. The third kappa shape index (κ3) is 4.81. The van der Waals surface area contributed by atoms with Crippen molar-refractivity contribution in [1.29, 1.82) is 0 Å². The molecule has 0 amide bonds. The zero-order chi connectivity index (χ0) is 17.4. The number of nitrogens with one attached hydrogen (secondary N) is 2. The second-order valence-electron chi connectivity index (χ2n) is 5.53. The molecule has 8 nitrogen and oxygen atoms in total. The molecule has 132 valence electrons. The van der Waals surface area contributed by atoms with Gasteiger partial charge in [-0.2, -0.15) is 0 Å². The average Bonchev–Trinajstić information content (AvgIpc) is 3.15. The fourth-order valence-corrected chi connectivity index (χ4v) is 2.51. The van der Waals surface area contributed by atoms with Crippen molar-refractivity contribution in [2.75, 3.05) is 19.6 Å². The first kappa shape index (κ1) is 18.0. The predicted octanol–water partition coefficient (Wildman–Crippen LogP) is 1.24. The van der Waals surface area contributed by atoms with Crippen molar-refractivity contribution in [1.82, 2.24) is 30.6 Å². The predicted molar refractivity (Wildman–Crippen MR) is 93.1 cm³/mol. The Labute approximate surface area is 142 Å². The van der Waals surface area contributed by atoms with Crippen molar-refractivity contribution < 1.29 is 4.52 Å². The molecule has 0 radical (unpaired) electrons. The average molecular weight is 333 g/mol. The summed E-state index contributed by atoms with van der Waals surface area (Å²) in [6.07, 6.45) is 3.47. The van der Waals surface area contributed by atoms with Gasteiger partial charge in [-0.3, -0.25) is 4.99 Å². The van der Waals surface area contributed by atoms with E-state index in [1.165, 1.54) is 0 Å². The largest absolute Gasteiger partial charge is 0.361 e. The minimum Gasteiger partial charge on any atom is -0.361 e. The van der Waals surface area contributed by atoms with Gasteiger partial charge < -0.3 is 19.7 Å². The maximum absolute atomic E-state index is 5.18. The maximum atomic E-state index is 5.18. The lowest BCUT2D eigenvalue weighted by Gasteiger charge is -2.12. The lowest BCUT2D eigenvalue weighted by Crippen LogP contribution is -2.39. The van der Waals surface area contributed by atoms with E-state index in [1.54, 1.807) is 6.33 Å². The van der Waals surface area contributed by atoms with Crippen molar-refractivity contribution in [2.24, 2.45) is 4.99 Å². The minimum atomic E-state index is 0.686. The molecule has 8 heteroatoms. The van der Waals surface area contributed by atoms with Crippen molar-refractivity contribution in [3.63, 3.8) is 0 Å². The van der Waals surface area contributed by atoms with E-state index >= 15 is 0 Å². The Bertz CT molecular complexity index is 640. The second kappa shape index (κ2) is 9.05. The van der Waals surface area contributed by atoms with Crippen LogP contribution in [0.2, 0.25) is 0 Å². The highest BCUT2D eigenvalue weighted by Crippen LogP contribution is 2.12.